The molecule has 1 aromatic carbocycles. The van der Waals surface area contributed by atoms with E-state index in [1.807, 2.05) is 0 Å². The molecule has 0 N–H and O–H groups in total. The highest BCUT2D eigenvalue weighted by atomic mass is 79.9. The van der Waals surface area contributed by atoms with E-state index >= 15 is 0 Å². The molecule has 1 nitrogen and oxygen atoms in total. The Morgan fingerprint density at radius 1 is 1.62 bits per heavy atom. The van der Waals surface area contributed by atoms with Crippen molar-refractivity contribution in [3.63, 3.8) is 0 Å². The smallest absolute Gasteiger partial charge is 0.183 e. The van der Waals surface area contributed by atoms with Crippen LogP contribution >= 0.6 is 27.5 Å². The molecule has 1 unspecified atom stereocenters. The zero-order valence-electron chi connectivity index (χ0n) is 6.85. The van der Waals surface area contributed by atoms with Gasteiger partial charge in [-0.1, -0.05) is 15.9 Å². The largest absolute Gasteiger partial charge is 0.292 e. The number of rotatable bonds is 2. The Morgan fingerprint density at radius 2 is 2.23 bits per heavy atom. The van der Waals surface area contributed by atoms with E-state index in [9.17, 15) is 9.18 Å². The predicted octanol–water partition coefficient (Wildman–Crippen LogP) is 3.40. The van der Waals surface area contributed by atoms with Crippen molar-refractivity contribution in [2.24, 2.45) is 0 Å². The second-order valence-electron chi connectivity index (χ2n) is 2.60. The van der Waals surface area contributed by atoms with Crippen molar-refractivity contribution in [1.29, 1.82) is 0 Å². The molecule has 0 saturated carbocycles. The van der Waals surface area contributed by atoms with Gasteiger partial charge in [0.25, 0.3) is 0 Å². The van der Waals surface area contributed by atoms with Crippen molar-refractivity contribution in [2.45, 2.75) is 12.3 Å². The standard InChI is InChI=1S/C9H7BrClFO/c1-5(11)9(13)7-3-2-6(10)4-8(7)12/h2-5H,1H3. The van der Waals surface area contributed by atoms with Gasteiger partial charge in [-0.15, -0.1) is 11.6 Å². The maximum Gasteiger partial charge on any atom is 0.183 e. The lowest BCUT2D eigenvalue weighted by atomic mass is 10.1. The molecule has 0 heterocycles. The number of alkyl halides is 1. The highest BCUT2D eigenvalue weighted by Crippen LogP contribution is 2.17. The van der Waals surface area contributed by atoms with E-state index in [0.717, 1.165) is 0 Å². The van der Waals surface area contributed by atoms with Gasteiger partial charge in [0.1, 0.15) is 5.82 Å². The molecule has 70 valence electrons. The van der Waals surface area contributed by atoms with Crippen LogP contribution in [0.15, 0.2) is 22.7 Å². The number of carbonyl (C=O) groups excluding carboxylic acids is 1. The molecular weight excluding hydrogens is 258 g/mol. The summed E-state index contributed by atoms with van der Waals surface area (Å²) in [5.41, 5.74) is 0.0331. The SMILES string of the molecule is CC(Cl)C(=O)c1ccc(Br)cc1F. The summed E-state index contributed by atoms with van der Waals surface area (Å²) in [5, 5.41) is -0.698. The number of carbonyl (C=O) groups is 1. The van der Waals surface area contributed by atoms with Crippen LogP contribution in [-0.4, -0.2) is 11.2 Å². The van der Waals surface area contributed by atoms with Gasteiger partial charge in [0.15, 0.2) is 5.78 Å². The maximum absolute atomic E-state index is 13.2. The van der Waals surface area contributed by atoms with Crippen LogP contribution in [0.1, 0.15) is 17.3 Å². The Hall–Kier alpha value is -0.410. The molecule has 1 rings (SSSR count). The zero-order chi connectivity index (χ0) is 10.0. The van der Waals surface area contributed by atoms with Crippen molar-refractivity contribution >= 4 is 33.3 Å². The summed E-state index contributed by atoms with van der Waals surface area (Å²) in [6, 6.07) is 4.27. The first-order valence-corrected chi connectivity index (χ1v) is 4.88. The zero-order valence-corrected chi connectivity index (χ0v) is 9.19. The molecule has 0 saturated heterocycles. The minimum Gasteiger partial charge on any atom is -0.292 e. The summed E-state index contributed by atoms with van der Waals surface area (Å²) < 4.78 is 13.8. The van der Waals surface area contributed by atoms with Gasteiger partial charge in [-0.25, -0.2) is 4.39 Å². The number of benzene rings is 1. The van der Waals surface area contributed by atoms with E-state index in [2.05, 4.69) is 15.9 Å². The quantitative estimate of drug-likeness (QED) is 0.592. The lowest BCUT2D eigenvalue weighted by molar-refractivity contribution is 0.0988. The first-order valence-electron chi connectivity index (χ1n) is 3.65. The summed E-state index contributed by atoms with van der Waals surface area (Å²) >= 11 is 8.64. The van der Waals surface area contributed by atoms with E-state index in [-0.39, 0.29) is 5.56 Å². The van der Waals surface area contributed by atoms with Crippen molar-refractivity contribution in [2.75, 3.05) is 0 Å². The van der Waals surface area contributed by atoms with E-state index in [4.69, 9.17) is 11.6 Å². The summed E-state index contributed by atoms with van der Waals surface area (Å²) in [6.45, 7) is 1.52. The Bertz CT molecular complexity index is 338. The van der Waals surface area contributed by atoms with Gasteiger partial charge in [0, 0.05) is 4.47 Å². The first kappa shape index (κ1) is 10.7. The fourth-order valence-electron chi connectivity index (χ4n) is 0.904. The van der Waals surface area contributed by atoms with Crippen LogP contribution in [0.5, 0.6) is 0 Å². The highest BCUT2D eigenvalue weighted by Gasteiger charge is 2.16. The lowest BCUT2D eigenvalue weighted by Crippen LogP contribution is -2.12. The molecular formula is C9H7BrClFO. The third-order valence-electron chi connectivity index (χ3n) is 1.56. The van der Waals surface area contributed by atoms with Crippen molar-refractivity contribution in [1.82, 2.24) is 0 Å². The van der Waals surface area contributed by atoms with E-state index in [0.29, 0.717) is 4.47 Å². The van der Waals surface area contributed by atoms with Crippen molar-refractivity contribution in [3.05, 3.63) is 34.1 Å². The molecule has 0 amide bonds. The van der Waals surface area contributed by atoms with Gasteiger partial charge >= 0.3 is 0 Å². The van der Waals surface area contributed by atoms with Gasteiger partial charge in [0.2, 0.25) is 0 Å². The molecule has 13 heavy (non-hydrogen) atoms. The van der Waals surface area contributed by atoms with E-state index in [1.54, 1.807) is 6.07 Å². The van der Waals surface area contributed by atoms with E-state index < -0.39 is 17.0 Å². The molecule has 0 radical (unpaired) electrons. The van der Waals surface area contributed by atoms with Gasteiger partial charge in [-0.3, -0.25) is 4.79 Å². The van der Waals surface area contributed by atoms with Gasteiger partial charge in [-0.2, -0.15) is 0 Å². The van der Waals surface area contributed by atoms with E-state index in [1.165, 1.54) is 19.1 Å². The minimum absolute atomic E-state index is 0.0331. The second kappa shape index (κ2) is 4.20. The fourth-order valence-corrected chi connectivity index (χ4v) is 1.35. The topological polar surface area (TPSA) is 17.1 Å². The second-order valence-corrected chi connectivity index (χ2v) is 4.17. The van der Waals surface area contributed by atoms with Crippen LogP contribution in [0.3, 0.4) is 0 Å². The van der Waals surface area contributed by atoms with Crippen LogP contribution in [-0.2, 0) is 0 Å². The van der Waals surface area contributed by atoms with Gasteiger partial charge in [-0.05, 0) is 25.1 Å². The Kier molecular flexibility index (Phi) is 3.45. The van der Waals surface area contributed by atoms with Crippen molar-refractivity contribution < 1.29 is 9.18 Å². The predicted molar refractivity (Wildman–Crippen MR) is 53.7 cm³/mol. The monoisotopic (exact) mass is 264 g/mol. The average molecular weight is 266 g/mol. The van der Waals surface area contributed by atoms with Gasteiger partial charge < -0.3 is 0 Å². The van der Waals surface area contributed by atoms with Gasteiger partial charge in [0.05, 0.1) is 10.9 Å². The van der Waals surface area contributed by atoms with Crippen LogP contribution in [0, 0.1) is 5.82 Å². The average Bonchev–Trinajstić information content (AvgIpc) is 2.03. The Balaban J connectivity index is 3.09. The molecule has 0 bridgehead atoms. The summed E-state index contributed by atoms with van der Waals surface area (Å²) in [4.78, 5) is 11.3. The summed E-state index contributed by atoms with van der Waals surface area (Å²) in [6.07, 6.45) is 0. The number of halogens is 3. The normalized spacial score (nSPS) is 12.6. The Labute approximate surface area is 89.0 Å². The van der Waals surface area contributed by atoms with Crippen LogP contribution < -0.4 is 0 Å². The molecule has 0 aliphatic rings. The molecule has 1 atom stereocenters. The molecule has 0 aliphatic carbocycles. The number of hydrogen-bond donors (Lipinski definition) is 0. The first-order chi connectivity index (χ1) is 6.02. The number of hydrogen-bond acceptors (Lipinski definition) is 1. The molecule has 0 aromatic heterocycles. The summed E-state index contributed by atoms with van der Waals surface area (Å²) in [5.74, 6) is -0.946. The molecule has 1 aromatic rings. The van der Waals surface area contributed by atoms with Crippen LogP contribution in [0.25, 0.3) is 0 Å². The molecule has 0 fully saturated rings. The van der Waals surface area contributed by atoms with Crippen molar-refractivity contribution in [3.8, 4) is 0 Å². The third kappa shape index (κ3) is 2.51. The molecule has 0 spiro atoms. The molecule has 4 heteroatoms. The number of Topliss-reactive ketones (excluding diaryl/α,β-unsaturated/α-hetero) is 1. The number of ketones is 1. The minimum atomic E-state index is -0.698. The molecule has 0 aliphatic heterocycles. The summed E-state index contributed by atoms with van der Waals surface area (Å²) in [7, 11) is 0. The Morgan fingerprint density at radius 3 is 2.69 bits per heavy atom. The fraction of sp³-hybridized carbons (Fsp3) is 0.222. The maximum atomic E-state index is 13.2. The third-order valence-corrected chi connectivity index (χ3v) is 2.25. The highest BCUT2D eigenvalue weighted by molar-refractivity contribution is 9.10. The van der Waals surface area contributed by atoms with Crippen LogP contribution in [0.2, 0.25) is 0 Å². The lowest BCUT2D eigenvalue weighted by Gasteiger charge is -2.03. The van der Waals surface area contributed by atoms with Crippen LogP contribution in [0.4, 0.5) is 4.39 Å².